The van der Waals surface area contributed by atoms with Crippen LogP contribution in [0.2, 0.25) is 0 Å². The van der Waals surface area contributed by atoms with E-state index in [1.165, 1.54) is 12.1 Å². The fourth-order valence-corrected chi connectivity index (χ4v) is 2.24. The Hall–Kier alpha value is -1.07. The summed E-state index contributed by atoms with van der Waals surface area (Å²) in [5.41, 5.74) is 0.161. The van der Waals surface area contributed by atoms with Crippen molar-refractivity contribution >= 4 is 0 Å². The van der Waals surface area contributed by atoms with Crippen LogP contribution in [-0.2, 0) is 12.7 Å². The highest BCUT2D eigenvalue weighted by molar-refractivity contribution is 5.24. The largest absolute Gasteiger partial charge is 0.416 e. The van der Waals surface area contributed by atoms with Gasteiger partial charge in [-0.05, 0) is 37.0 Å². The zero-order valence-electron chi connectivity index (χ0n) is 9.87. The third-order valence-electron chi connectivity index (χ3n) is 3.33. The summed E-state index contributed by atoms with van der Waals surface area (Å²) < 4.78 is 37.1. The maximum atomic E-state index is 12.4. The molecule has 1 fully saturated rings. The predicted molar refractivity (Wildman–Crippen MR) is 61.9 cm³/mol. The number of alkyl halides is 3. The first kappa shape index (κ1) is 13.4. The van der Waals surface area contributed by atoms with Crippen molar-refractivity contribution in [3.63, 3.8) is 0 Å². The fraction of sp³-hybridized carbons (Fsp3) is 0.538. The number of aliphatic hydroxyl groups is 1. The molecule has 0 aliphatic heterocycles. The van der Waals surface area contributed by atoms with Gasteiger partial charge >= 0.3 is 6.18 Å². The van der Waals surface area contributed by atoms with Crippen LogP contribution in [0.15, 0.2) is 24.3 Å². The van der Waals surface area contributed by atoms with Crippen LogP contribution in [0.25, 0.3) is 0 Å². The van der Waals surface area contributed by atoms with Crippen molar-refractivity contribution in [2.45, 2.75) is 44.1 Å². The Kier molecular flexibility index (Phi) is 3.92. The fourth-order valence-electron chi connectivity index (χ4n) is 2.24. The Labute approximate surface area is 104 Å². The first-order valence-corrected chi connectivity index (χ1v) is 6.04. The highest BCUT2D eigenvalue weighted by Gasteiger charge is 2.30. The van der Waals surface area contributed by atoms with Gasteiger partial charge in [0, 0.05) is 12.6 Å². The monoisotopic (exact) mass is 259 g/mol. The number of hydrogen-bond donors (Lipinski definition) is 2. The van der Waals surface area contributed by atoms with Crippen LogP contribution < -0.4 is 5.32 Å². The molecule has 5 heteroatoms. The van der Waals surface area contributed by atoms with Gasteiger partial charge < -0.3 is 10.4 Å². The Morgan fingerprint density at radius 1 is 1.17 bits per heavy atom. The van der Waals surface area contributed by atoms with Crippen molar-refractivity contribution in [2.75, 3.05) is 0 Å². The lowest BCUT2D eigenvalue weighted by Crippen LogP contribution is -2.35. The van der Waals surface area contributed by atoms with Gasteiger partial charge in [-0.2, -0.15) is 13.2 Å². The van der Waals surface area contributed by atoms with E-state index in [0.29, 0.717) is 6.54 Å². The maximum absolute atomic E-state index is 12.4. The van der Waals surface area contributed by atoms with Gasteiger partial charge in [-0.1, -0.05) is 12.1 Å². The molecular weight excluding hydrogens is 243 g/mol. The second-order valence-electron chi connectivity index (χ2n) is 4.68. The molecule has 1 aliphatic rings. The van der Waals surface area contributed by atoms with E-state index >= 15 is 0 Å². The summed E-state index contributed by atoms with van der Waals surface area (Å²) in [6, 6.07) is 5.17. The molecule has 0 bridgehead atoms. The number of rotatable bonds is 3. The average Bonchev–Trinajstić information content (AvgIpc) is 2.72. The zero-order chi connectivity index (χ0) is 13.2. The van der Waals surface area contributed by atoms with Crippen LogP contribution in [0.4, 0.5) is 13.2 Å². The number of halogens is 3. The van der Waals surface area contributed by atoms with E-state index in [0.717, 1.165) is 37.0 Å². The third kappa shape index (κ3) is 3.23. The minimum Gasteiger partial charge on any atom is -0.392 e. The molecule has 0 unspecified atom stereocenters. The van der Waals surface area contributed by atoms with Gasteiger partial charge in [0.1, 0.15) is 0 Å². The minimum atomic E-state index is -4.28. The minimum absolute atomic E-state index is 0.0623. The van der Waals surface area contributed by atoms with Crippen molar-refractivity contribution in [2.24, 2.45) is 0 Å². The van der Waals surface area contributed by atoms with Gasteiger partial charge in [0.15, 0.2) is 0 Å². The van der Waals surface area contributed by atoms with E-state index in [1.54, 1.807) is 0 Å². The van der Waals surface area contributed by atoms with E-state index in [4.69, 9.17) is 0 Å². The summed E-state index contributed by atoms with van der Waals surface area (Å²) in [5.74, 6) is 0. The van der Waals surface area contributed by atoms with Crippen molar-refractivity contribution in [3.8, 4) is 0 Å². The van der Waals surface area contributed by atoms with E-state index in [1.807, 2.05) is 0 Å². The molecule has 0 radical (unpaired) electrons. The highest BCUT2D eigenvalue weighted by atomic mass is 19.4. The quantitative estimate of drug-likeness (QED) is 0.874. The highest BCUT2D eigenvalue weighted by Crippen LogP contribution is 2.29. The van der Waals surface area contributed by atoms with E-state index in [9.17, 15) is 18.3 Å². The lowest BCUT2D eigenvalue weighted by atomic mass is 10.1. The summed E-state index contributed by atoms with van der Waals surface area (Å²) in [6.45, 7) is 0.486. The molecule has 1 aromatic carbocycles. The van der Waals surface area contributed by atoms with Crippen LogP contribution in [-0.4, -0.2) is 17.3 Å². The number of hydrogen-bond acceptors (Lipinski definition) is 2. The van der Waals surface area contributed by atoms with Gasteiger partial charge in [-0.3, -0.25) is 0 Å². The summed E-state index contributed by atoms with van der Waals surface area (Å²) in [7, 11) is 0. The SMILES string of the molecule is O[C@@H]1CCC[C@H]1NCc1ccc(C(F)(F)F)cc1. The van der Waals surface area contributed by atoms with Gasteiger partial charge in [-0.15, -0.1) is 0 Å². The number of nitrogens with one attached hydrogen (secondary N) is 1. The molecule has 0 heterocycles. The molecule has 18 heavy (non-hydrogen) atoms. The molecule has 2 nitrogen and oxygen atoms in total. The number of aliphatic hydroxyl groups excluding tert-OH is 1. The first-order chi connectivity index (χ1) is 8.47. The predicted octanol–water partition coefficient (Wildman–Crippen LogP) is 2.71. The van der Waals surface area contributed by atoms with Crippen molar-refractivity contribution in [3.05, 3.63) is 35.4 Å². The lowest BCUT2D eigenvalue weighted by Gasteiger charge is -2.16. The second-order valence-corrected chi connectivity index (χ2v) is 4.68. The van der Waals surface area contributed by atoms with E-state index in [-0.39, 0.29) is 12.1 Å². The Morgan fingerprint density at radius 2 is 1.83 bits per heavy atom. The van der Waals surface area contributed by atoms with Crippen LogP contribution in [0.1, 0.15) is 30.4 Å². The molecule has 100 valence electrons. The van der Waals surface area contributed by atoms with Gasteiger partial charge in [-0.25, -0.2) is 0 Å². The Balaban J connectivity index is 1.90. The second kappa shape index (κ2) is 5.28. The van der Waals surface area contributed by atoms with Gasteiger partial charge in [0.2, 0.25) is 0 Å². The van der Waals surface area contributed by atoms with Crippen LogP contribution in [0.3, 0.4) is 0 Å². The Bertz CT molecular complexity index is 388. The van der Waals surface area contributed by atoms with Gasteiger partial charge in [0.05, 0.1) is 11.7 Å². The first-order valence-electron chi connectivity index (χ1n) is 6.04. The Morgan fingerprint density at radius 3 is 2.33 bits per heavy atom. The molecule has 2 rings (SSSR count). The topological polar surface area (TPSA) is 32.3 Å². The molecule has 1 aromatic rings. The summed E-state index contributed by atoms with van der Waals surface area (Å²) >= 11 is 0. The maximum Gasteiger partial charge on any atom is 0.416 e. The summed E-state index contributed by atoms with van der Waals surface area (Å²) in [6.07, 6.45) is -1.91. The van der Waals surface area contributed by atoms with Crippen LogP contribution in [0.5, 0.6) is 0 Å². The normalized spacial score (nSPS) is 24.4. The summed E-state index contributed by atoms with van der Waals surface area (Å²) in [5, 5.41) is 12.8. The number of benzene rings is 1. The molecular formula is C13H16F3NO. The third-order valence-corrected chi connectivity index (χ3v) is 3.33. The lowest BCUT2D eigenvalue weighted by molar-refractivity contribution is -0.137. The molecule has 0 spiro atoms. The standard InChI is InChI=1S/C13H16F3NO/c14-13(15,16)10-6-4-9(5-7-10)8-17-11-2-1-3-12(11)18/h4-7,11-12,17-18H,1-3,8H2/t11-,12-/m1/s1. The van der Waals surface area contributed by atoms with E-state index in [2.05, 4.69) is 5.32 Å². The van der Waals surface area contributed by atoms with E-state index < -0.39 is 11.7 Å². The average molecular weight is 259 g/mol. The van der Waals surface area contributed by atoms with Crippen molar-refractivity contribution in [1.82, 2.24) is 5.32 Å². The van der Waals surface area contributed by atoms with Gasteiger partial charge in [0.25, 0.3) is 0 Å². The van der Waals surface area contributed by atoms with Crippen LogP contribution in [0, 0.1) is 0 Å². The van der Waals surface area contributed by atoms with Crippen molar-refractivity contribution in [1.29, 1.82) is 0 Å². The molecule has 0 saturated heterocycles. The molecule has 1 aliphatic carbocycles. The molecule has 2 N–H and O–H groups in total. The zero-order valence-corrected chi connectivity index (χ0v) is 9.87. The molecule has 0 aromatic heterocycles. The summed E-state index contributed by atoms with van der Waals surface area (Å²) in [4.78, 5) is 0. The van der Waals surface area contributed by atoms with Crippen molar-refractivity contribution < 1.29 is 18.3 Å². The molecule has 1 saturated carbocycles. The smallest absolute Gasteiger partial charge is 0.392 e. The van der Waals surface area contributed by atoms with Crippen LogP contribution >= 0.6 is 0 Å². The molecule has 0 amide bonds. The molecule has 2 atom stereocenters.